The smallest absolute Gasteiger partial charge is 0.277 e. The molecule has 2 aromatic carbocycles. The van der Waals surface area contributed by atoms with E-state index in [0.717, 1.165) is 36.8 Å². The van der Waals surface area contributed by atoms with Crippen molar-refractivity contribution < 1.29 is 9.59 Å². The third kappa shape index (κ3) is 5.05. The Hall–Kier alpha value is -3.47. The first kappa shape index (κ1) is 21.8. The Morgan fingerprint density at radius 1 is 0.906 bits per heavy atom. The number of carbonyl (C=O) groups is 2. The van der Waals surface area contributed by atoms with Crippen molar-refractivity contribution in [1.29, 1.82) is 0 Å². The van der Waals surface area contributed by atoms with Gasteiger partial charge in [-0.25, -0.2) is 0 Å². The number of carbonyl (C=O) groups excluding carboxylic acids is 2. The first-order valence-electron chi connectivity index (χ1n) is 11.3. The summed E-state index contributed by atoms with van der Waals surface area (Å²) in [6.07, 6.45) is 7.00. The minimum Gasteiger partial charge on any atom is -0.351 e. The van der Waals surface area contributed by atoms with Crippen LogP contribution in [0.5, 0.6) is 0 Å². The molecule has 1 heterocycles. The molecule has 1 atom stereocenters. The van der Waals surface area contributed by atoms with Crippen LogP contribution in [0.2, 0.25) is 0 Å². The van der Waals surface area contributed by atoms with Gasteiger partial charge in [0, 0.05) is 17.9 Å². The molecule has 0 bridgehead atoms. The Bertz CT molecular complexity index is 1030. The highest BCUT2D eigenvalue weighted by Crippen LogP contribution is 2.30. The van der Waals surface area contributed by atoms with Crippen molar-refractivity contribution in [3.8, 4) is 0 Å². The van der Waals surface area contributed by atoms with Crippen molar-refractivity contribution in [3.63, 3.8) is 0 Å². The van der Waals surface area contributed by atoms with Crippen LogP contribution in [0.15, 0.2) is 79.0 Å². The van der Waals surface area contributed by atoms with Crippen molar-refractivity contribution in [1.82, 2.24) is 10.3 Å². The van der Waals surface area contributed by atoms with Gasteiger partial charge in [-0.3, -0.25) is 19.5 Å². The Labute approximate surface area is 189 Å². The van der Waals surface area contributed by atoms with Crippen molar-refractivity contribution in [2.45, 2.75) is 51.1 Å². The third-order valence-electron chi connectivity index (χ3n) is 5.99. The fraction of sp³-hybridized carbons (Fsp3) is 0.296. The minimum absolute atomic E-state index is 0.145. The van der Waals surface area contributed by atoms with Crippen molar-refractivity contribution in [2.24, 2.45) is 0 Å². The quantitative estimate of drug-likeness (QED) is 0.586. The molecule has 32 heavy (non-hydrogen) atoms. The van der Waals surface area contributed by atoms with Crippen molar-refractivity contribution in [2.75, 3.05) is 4.90 Å². The highest BCUT2D eigenvalue weighted by molar-refractivity contribution is 6.09. The molecule has 1 fully saturated rings. The predicted molar refractivity (Wildman–Crippen MR) is 126 cm³/mol. The number of nitrogens with one attached hydrogen (secondary N) is 1. The molecule has 164 valence electrons. The lowest BCUT2D eigenvalue weighted by Gasteiger charge is -2.33. The van der Waals surface area contributed by atoms with Gasteiger partial charge in [0.2, 0.25) is 5.91 Å². The van der Waals surface area contributed by atoms with E-state index < -0.39 is 6.04 Å². The van der Waals surface area contributed by atoms with E-state index in [0.29, 0.717) is 11.4 Å². The Kier molecular flexibility index (Phi) is 6.95. The molecule has 1 aromatic heterocycles. The van der Waals surface area contributed by atoms with Gasteiger partial charge < -0.3 is 5.32 Å². The number of hydrogen-bond donors (Lipinski definition) is 1. The van der Waals surface area contributed by atoms with Gasteiger partial charge in [-0.2, -0.15) is 0 Å². The SMILES string of the molecule is Cc1ccc([C@H](C(=O)NC2CCCCC2)N(C(=O)c2ccccn2)c2ccccc2)cc1. The molecule has 4 rings (SSSR count). The number of hydrogen-bond acceptors (Lipinski definition) is 3. The fourth-order valence-electron chi connectivity index (χ4n) is 4.28. The normalized spacial score (nSPS) is 15.0. The summed E-state index contributed by atoms with van der Waals surface area (Å²) in [6, 6.07) is 21.8. The van der Waals surface area contributed by atoms with Crippen LogP contribution in [0.4, 0.5) is 5.69 Å². The zero-order valence-electron chi connectivity index (χ0n) is 18.4. The van der Waals surface area contributed by atoms with Gasteiger partial charge in [0.25, 0.3) is 5.91 Å². The number of anilines is 1. The first-order valence-corrected chi connectivity index (χ1v) is 11.3. The Morgan fingerprint density at radius 3 is 2.25 bits per heavy atom. The molecule has 5 nitrogen and oxygen atoms in total. The molecule has 0 radical (unpaired) electrons. The number of amides is 2. The van der Waals surface area contributed by atoms with Crippen molar-refractivity contribution in [3.05, 3.63) is 95.8 Å². The van der Waals surface area contributed by atoms with Crippen LogP contribution in [0.1, 0.15) is 59.8 Å². The summed E-state index contributed by atoms with van der Waals surface area (Å²) in [5.74, 6) is -0.463. The van der Waals surface area contributed by atoms with E-state index in [1.807, 2.05) is 61.5 Å². The molecular weight excluding hydrogens is 398 g/mol. The summed E-state index contributed by atoms with van der Waals surface area (Å²) in [7, 11) is 0. The Morgan fingerprint density at radius 2 is 1.59 bits per heavy atom. The van der Waals surface area contributed by atoms with Crippen LogP contribution in [-0.4, -0.2) is 22.8 Å². The highest BCUT2D eigenvalue weighted by atomic mass is 16.2. The maximum absolute atomic E-state index is 13.7. The summed E-state index contributed by atoms with van der Waals surface area (Å²) in [5.41, 5.74) is 2.84. The molecule has 1 aliphatic rings. The average molecular weight is 428 g/mol. The summed E-state index contributed by atoms with van der Waals surface area (Å²) >= 11 is 0. The summed E-state index contributed by atoms with van der Waals surface area (Å²) < 4.78 is 0. The van der Waals surface area contributed by atoms with Crippen LogP contribution in [0, 0.1) is 6.92 Å². The molecule has 2 amide bonds. The second kappa shape index (κ2) is 10.2. The largest absolute Gasteiger partial charge is 0.351 e. The molecular formula is C27H29N3O2. The maximum atomic E-state index is 13.7. The van der Waals surface area contributed by atoms with E-state index >= 15 is 0 Å². The number of aryl methyl sites for hydroxylation is 1. The Balaban J connectivity index is 1.77. The molecule has 0 spiro atoms. The summed E-state index contributed by atoms with van der Waals surface area (Å²) in [4.78, 5) is 33.3. The molecule has 1 aliphatic carbocycles. The minimum atomic E-state index is -0.797. The average Bonchev–Trinajstić information content (AvgIpc) is 2.84. The molecule has 0 aliphatic heterocycles. The van der Waals surface area contributed by atoms with Crippen LogP contribution < -0.4 is 10.2 Å². The number of para-hydroxylation sites is 1. The van der Waals surface area contributed by atoms with Crippen LogP contribution in [-0.2, 0) is 4.79 Å². The predicted octanol–water partition coefficient (Wildman–Crippen LogP) is 5.23. The third-order valence-corrected chi connectivity index (χ3v) is 5.99. The van der Waals surface area contributed by atoms with Gasteiger partial charge in [0.05, 0.1) is 0 Å². The van der Waals surface area contributed by atoms with Gasteiger partial charge in [-0.15, -0.1) is 0 Å². The molecule has 1 saturated carbocycles. The second-order valence-corrected chi connectivity index (χ2v) is 8.38. The van der Waals surface area contributed by atoms with Crippen LogP contribution in [0.3, 0.4) is 0 Å². The van der Waals surface area contributed by atoms with E-state index in [1.165, 1.54) is 6.42 Å². The topological polar surface area (TPSA) is 62.3 Å². The van der Waals surface area contributed by atoms with E-state index in [-0.39, 0.29) is 17.9 Å². The lowest BCUT2D eigenvalue weighted by atomic mass is 9.94. The number of benzene rings is 2. The van der Waals surface area contributed by atoms with Gasteiger partial charge in [0.15, 0.2) is 0 Å². The lowest BCUT2D eigenvalue weighted by Crippen LogP contribution is -2.47. The highest BCUT2D eigenvalue weighted by Gasteiger charge is 2.35. The van der Waals surface area contributed by atoms with Crippen molar-refractivity contribution >= 4 is 17.5 Å². The second-order valence-electron chi connectivity index (χ2n) is 8.38. The zero-order chi connectivity index (χ0) is 22.3. The number of aromatic nitrogens is 1. The van der Waals surface area contributed by atoms with E-state index in [4.69, 9.17) is 0 Å². The monoisotopic (exact) mass is 427 g/mol. The summed E-state index contributed by atoms with van der Waals surface area (Å²) in [5, 5.41) is 3.24. The molecule has 3 aromatic rings. The maximum Gasteiger partial charge on any atom is 0.277 e. The number of rotatable bonds is 6. The van der Waals surface area contributed by atoms with Gasteiger partial charge in [-0.1, -0.05) is 73.4 Å². The molecule has 5 heteroatoms. The van der Waals surface area contributed by atoms with E-state index in [1.54, 1.807) is 29.3 Å². The molecule has 0 saturated heterocycles. The zero-order valence-corrected chi connectivity index (χ0v) is 18.4. The fourth-order valence-corrected chi connectivity index (χ4v) is 4.28. The van der Waals surface area contributed by atoms with Crippen LogP contribution >= 0.6 is 0 Å². The number of nitrogens with zero attached hydrogens (tertiary/aromatic N) is 2. The molecule has 1 N–H and O–H groups in total. The van der Waals surface area contributed by atoms with Gasteiger partial charge in [0.1, 0.15) is 11.7 Å². The van der Waals surface area contributed by atoms with Crippen LogP contribution in [0.25, 0.3) is 0 Å². The first-order chi connectivity index (χ1) is 15.6. The number of pyridine rings is 1. The summed E-state index contributed by atoms with van der Waals surface area (Å²) in [6.45, 7) is 2.01. The lowest BCUT2D eigenvalue weighted by molar-refractivity contribution is -0.123. The van der Waals surface area contributed by atoms with E-state index in [9.17, 15) is 9.59 Å². The standard InChI is InChI=1S/C27H29N3O2/c1-20-15-17-21(18-16-20)25(26(31)29-22-10-4-2-5-11-22)30(23-12-6-3-7-13-23)27(32)24-14-8-9-19-28-24/h3,6-9,12-19,22,25H,2,4-5,10-11H2,1H3,(H,29,31)/t25-/m1/s1. The van der Waals surface area contributed by atoms with Gasteiger partial charge >= 0.3 is 0 Å². The van der Waals surface area contributed by atoms with Gasteiger partial charge in [-0.05, 0) is 49.6 Å². The molecule has 0 unspecified atom stereocenters. The van der Waals surface area contributed by atoms with E-state index in [2.05, 4.69) is 10.3 Å².